The van der Waals surface area contributed by atoms with Crippen LogP contribution in [-0.2, 0) is 6.54 Å². The Balaban J connectivity index is 2.16. The van der Waals surface area contributed by atoms with Gasteiger partial charge in [0.2, 0.25) is 0 Å². The fourth-order valence-electron chi connectivity index (χ4n) is 1.36. The van der Waals surface area contributed by atoms with Crippen LogP contribution >= 0.6 is 11.3 Å². The highest BCUT2D eigenvalue weighted by Crippen LogP contribution is 2.18. The van der Waals surface area contributed by atoms with Crippen LogP contribution in [0.15, 0.2) is 23.8 Å². The molecule has 18 heavy (non-hydrogen) atoms. The van der Waals surface area contributed by atoms with Crippen LogP contribution in [-0.4, -0.2) is 10.9 Å². The molecule has 0 saturated carbocycles. The molecule has 0 aliphatic carbocycles. The number of nitrogen functional groups attached to an aromatic ring is 1. The van der Waals surface area contributed by atoms with E-state index >= 15 is 0 Å². The second-order valence-electron chi connectivity index (χ2n) is 3.48. The third-order valence-electron chi connectivity index (χ3n) is 2.25. The number of anilines is 1. The van der Waals surface area contributed by atoms with E-state index in [2.05, 4.69) is 10.3 Å². The Morgan fingerprint density at radius 2 is 2.22 bits per heavy atom. The molecule has 3 N–H and O–H groups in total. The molecule has 2 rings (SSSR count). The van der Waals surface area contributed by atoms with Gasteiger partial charge in [-0.05, 0) is 12.1 Å². The summed E-state index contributed by atoms with van der Waals surface area (Å²) in [5.74, 6) is -2.83. The maximum absolute atomic E-state index is 13.5. The average Bonchev–Trinajstić information content (AvgIpc) is 2.85. The summed E-state index contributed by atoms with van der Waals surface area (Å²) in [4.78, 5) is 16.3. The molecule has 0 bridgehead atoms. The summed E-state index contributed by atoms with van der Waals surface area (Å²) in [6.07, 6.45) is 1.57. The summed E-state index contributed by atoms with van der Waals surface area (Å²) in [6.45, 7) is 0.164. The van der Waals surface area contributed by atoms with Crippen molar-refractivity contribution in [1.29, 1.82) is 0 Å². The maximum atomic E-state index is 13.5. The third-order valence-corrected chi connectivity index (χ3v) is 3.03. The zero-order valence-electron chi connectivity index (χ0n) is 9.11. The molecule has 7 heteroatoms. The smallest absolute Gasteiger partial charge is 0.257 e. The number of hydrogen-bond acceptors (Lipinski definition) is 4. The molecule has 0 aliphatic heterocycles. The molecule has 0 radical (unpaired) electrons. The van der Waals surface area contributed by atoms with E-state index in [9.17, 15) is 13.6 Å². The van der Waals surface area contributed by atoms with Gasteiger partial charge in [-0.3, -0.25) is 9.78 Å². The molecular weight excluding hydrogens is 260 g/mol. The number of amides is 1. The summed E-state index contributed by atoms with van der Waals surface area (Å²) in [7, 11) is 0. The Bertz CT molecular complexity index is 572. The molecule has 1 amide bonds. The van der Waals surface area contributed by atoms with Crippen molar-refractivity contribution in [1.82, 2.24) is 10.3 Å². The Morgan fingerprint density at radius 1 is 1.44 bits per heavy atom. The van der Waals surface area contributed by atoms with Gasteiger partial charge >= 0.3 is 0 Å². The minimum atomic E-state index is -1.04. The number of hydrogen-bond donors (Lipinski definition) is 2. The fraction of sp³-hybridized carbons (Fsp3) is 0.0909. The van der Waals surface area contributed by atoms with Crippen molar-refractivity contribution < 1.29 is 13.6 Å². The number of benzene rings is 1. The average molecular weight is 269 g/mol. The van der Waals surface area contributed by atoms with Gasteiger partial charge in [-0.25, -0.2) is 8.78 Å². The van der Waals surface area contributed by atoms with E-state index in [0.29, 0.717) is 0 Å². The highest BCUT2D eigenvalue weighted by Gasteiger charge is 2.19. The number of carbonyl (C=O) groups is 1. The zero-order valence-corrected chi connectivity index (χ0v) is 9.93. The molecule has 1 heterocycles. The predicted octanol–water partition coefficient (Wildman–Crippen LogP) is 1.93. The standard InChI is InChI=1S/C11H9F2N3OS/c12-7-1-2-8(14)10(13)9(7)11(17)16-4-6-3-15-5-18-6/h1-3,5H,4,14H2,(H,16,17). The molecular formula is C11H9F2N3OS. The van der Waals surface area contributed by atoms with Gasteiger partial charge in [-0.1, -0.05) is 0 Å². The number of nitrogens with one attached hydrogen (secondary N) is 1. The molecule has 1 aromatic carbocycles. The maximum Gasteiger partial charge on any atom is 0.257 e. The molecule has 1 aromatic heterocycles. The number of nitrogens with two attached hydrogens (primary N) is 1. The number of carbonyl (C=O) groups excluding carboxylic acids is 1. The number of rotatable bonds is 3. The van der Waals surface area contributed by atoms with Gasteiger partial charge in [0.05, 0.1) is 17.7 Å². The second-order valence-corrected chi connectivity index (χ2v) is 4.45. The summed E-state index contributed by atoms with van der Waals surface area (Å²) in [5.41, 5.74) is 5.96. The van der Waals surface area contributed by atoms with Crippen molar-refractivity contribution in [2.45, 2.75) is 6.54 Å². The first-order valence-electron chi connectivity index (χ1n) is 4.98. The second kappa shape index (κ2) is 5.09. The SMILES string of the molecule is Nc1ccc(F)c(C(=O)NCc2cncs2)c1F. The molecule has 4 nitrogen and oxygen atoms in total. The first-order chi connectivity index (χ1) is 8.59. The van der Waals surface area contributed by atoms with Crippen molar-refractivity contribution in [2.24, 2.45) is 0 Å². The van der Waals surface area contributed by atoms with Gasteiger partial charge < -0.3 is 11.1 Å². The van der Waals surface area contributed by atoms with E-state index in [1.165, 1.54) is 11.3 Å². The van der Waals surface area contributed by atoms with Gasteiger partial charge in [0, 0.05) is 11.1 Å². The van der Waals surface area contributed by atoms with Crippen molar-refractivity contribution in [3.8, 4) is 0 Å². The lowest BCUT2D eigenvalue weighted by atomic mass is 10.1. The van der Waals surface area contributed by atoms with Crippen molar-refractivity contribution >= 4 is 22.9 Å². The lowest BCUT2D eigenvalue weighted by Crippen LogP contribution is -2.25. The van der Waals surface area contributed by atoms with Crippen LogP contribution in [0.5, 0.6) is 0 Å². The number of nitrogens with zero attached hydrogens (tertiary/aromatic N) is 1. The minimum Gasteiger partial charge on any atom is -0.396 e. The van der Waals surface area contributed by atoms with Crippen LogP contribution in [0.4, 0.5) is 14.5 Å². The molecule has 0 atom stereocenters. The van der Waals surface area contributed by atoms with Gasteiger partial charge in [-0.2, -0.15) is 0 Å². The van der Waals surface area contributed by atoms with Crippen LogP contribution < -0.4 is 11.1 Å². The monoisotopic (exact) mass is 269 g/mol. The zero-order chi connectivity index (χ0) is 13.1. The van der Waals surface area contributed by atoms with Crippen LogP contribution in [0.1, 0.15) is 15.2 Å². The van der Waals surface area contributed by atoms with Crippen LogP contribution in [0.2, 0.25) is 0 Å². The number of halogens is 2. The van der Waals surface area contributed by atoms with Crippen molar-refractivity contribution in [3.63, 3.8) is 0 Å². The lowest BCUT2D eigenvalue weighted by molar-refractivity contribution is 0.0943. The van der Waals surface area contributed by atoms with Gasteiger partial charge in [0.15, 0.2) is 5.82 Å². The molecule has 0 fully saturated rings. The Morgan fingerprint density at radius 3 is 2.89 bits per heavy atom. The summed E-state index contributed by atoms with van der Waals surface area (Å²) >= 11 is 1.33. The molecule has 2 aromatic rings. The van der Waals surface area contributed by atoms with Crippen LogP contribution in [0, 0.1) is 11.6 Å². The van der Waals surface area contributed by atoms with Gasteiger partial charge in [0.1, 0.15) is 11.4 Å². The molecule has 94 valence electrons. The Hall–Kier alpha value is -2.02. The summed E-state index contributed by atoms with van der Waals surface area (Å²) in [5, 5.41) is 2.41. The van der Waals surface area contributed by atoms with E-state index < -0.39 is 23.1 Å². The van der Waals surface area contributed by atoms with Crippen LogP contribution in [0.25, 0.3) is 0 Å². The lowest BCUT2D eigenvalue weighted by Gasteiger charge is -2.07. The van der Waals surface area contributed by atoms with E-state index in [1.54, 1.807) is 11.7 Å². The predicted molar refractivity (Wildman–Crippen MR) is 64.1 cm³/mol. The molecule has 0 aliphatic rings. The Kier molecular flexibility index (Phi) is 3.52. The normalized spacial score (nSPS) is 10.3. The van der Waals surface area contributed by atoms with E-state index in [0.717, 1.165) is 17.0 Å². The summed E-state index contributed by atoms with van der Waals surface area (Å²) in [6, 6.07) is 2.03. The van der Waals surface area contributed by atoms with Crippen LogP contribution in [0.3, 0.4) is 0 Å². The topological polar surface area (TPSA) is 68.0 Å². The van der Waals surface area contributed by atoms with E-state index in [1.807, 2.05) is 0 Å². The van der Waals surface area contributed by atoms with Crippen molar-refractivity contribution in [2.75, 3.05) is 5.73 Å². The molecule has 0 saturated heterocycles. The Labute approximate surface area is 105 Å². The first-order valence-corrected chi connectivity index (χ1v) is 5.86. The third kappa shape index (κ3) is 2.45. The van der Waals surface area contributed by atoms with E-state index in [-0.39, 0.29) is 12.2 Å². The molecule has 0 spiro atoms. The molecule has 0 unspecified atom stereocenters. The quantitative estimate of drug-likeness (QED) is 0.837. The van der Waals surface area contributed by atoms with E-state index in [4.69, 9.17) is 5.73 Å². The number of aromatic nitrogens is 1. The highest BCUT2D eigenvalue weighted by atomic mass is 32.1. The highest BCUT2D eigenvalue weighted by molar-refractivity contribution is 7.09. The summed E-state index contributed by atoms with van der Waals surface area (Å²) < 4.78 is 26.9. The number of thiazole rings is 1. The van der Waals surface area contributed by atoms with Gasteiger partial charge in [0.25, 0.3) is 5.91 Å². The minimum absolute atomic E-state index is 0.164. The van der Waals surface area contributed by atoms with Crippen molar-refractivity contribution in [3.05, 3.63) is 45.9 Å². The van der Waals surface area contributed by atoms with Gasteiger partial charge in [-0.15, -0.1) is 11.3 Å². The first kappa shape index (κ1) is 12.4. The largest absolute Gasteiger partial charge is 0.396 e. The fourth-order valence-corrected chi connectivity index (χ4v) is 1.90.